The Morgan fingerprint density at radius 2 is 1.70 bits per heavy atom. The minimum atomic E-state index is -4.77. The summed E-state index contributed by atoms with van der Waals surface area (Å²) in [6.07, 6.45) is -4.04. The highest BCUT2D eigenvalue weighted by atomic mass is 19.4. The van der Waals surface area contributed by atoms with Crippen molar-refractivity contribution in [3.63, 3.8) is 0 Å². The number of halogens is 3. The first kappa shape index (κ1) is 21.4. The lowest BCUT2D eigenvalue weighted by Crippen LogP contribution is -2.30. The Balaban J connectivity index is 2.12. The van der Waals surface area contributed by atoms with E-state index in [1.807, 2.05) is 62.4 Å². The fourth-order valence-electron chi connectivity index (χ4n) is 3.52. The van der Waals surface area contributed by atoms with Crippen molar-refractivity contribution < 1.29 is 13.2 Å². The molecule has 1 aromatic heterocycles. The quantitative estimate of drug-likeness (QED) is 0.581. The van der Waals surface area contributed by atoms with E-state index in [2.05, 4.69) is 0 Å². The van der Waals surface area contributed by atoms with Crippen molar-refractivity contribution in [2.45, 2.75) is 39.4 Å². The topological polar surface area (TPSA) is 45.8 Å². The number of aromatic nitrogens is 1. The lowest BCUT2D eigenvalue weighted by atomic mass is 10.0. The van der Waals surface area contributed by atoms with Gasteiger partial charge in [-0.15, -0.1) is 0 Å². The summed E-state index contributed by atoms with van der Waals surface area (Å²) in [7, 11) is 0. The molecule has 1 heterocycles. The Labute approximate surface area is 173 Å². The van der Waals surface area contributed by atoms with E-state index < -0.39 is 22.9 Å². The van der Waals surface area contributed by atoms with Crippen molar-refractivity contribution in [3.05, 3.63) is 104 Å². The molecule has 3 nitrogen and oxygen atoms in total. The van der Waals surface area contributed by atoms with Gasteiger partial charge in [0.15, 0.2) is 0 Å². The first-order chi connectivity index (χ1) is 14.2. The molecule has 0 fully saturated rings. The normalized spacial score (nSPS) is 11.3. The number of hydrogen-bond acceptors (Lipinski definition) is 2. The fourth-order valence-corrected chi connectivity index (χ4v) is 3.52. The van der Waals surface area contributed by atoms with Crippen molar-refractivity contribution in [1.29, 1.82) is 5.26 Å². The predicted octanol–water partition coefficient (Wildman–Crippen LogP) is 5.19. The third kappa shape index (κ3) is 4.62. The zero-order chi connectivity index (χ0) is 21.9. The minimum absolute atomic E-state index is 0.113. The maximum absolute atomic E-state index is 13.5. The Bertz CT molecular complexity index is 1160. The molecule has 0 saturated heterocycles. The lowest BCUT2D eigenvalue weighted by molar-refractivity contribution is -0.138. The lowest BCUT2D eigenvalue weighted by Gasteiger charge is -2.18. The van der Waals surface area contributed by atoms with Gasteiger partial charge in [-0.3, -0.25) is 4.79 Å². The van der Waals surface area contributed by atoms with Crippen LogP contribution < -0.4 is 5.56 Å². The van der Waals surface area contributed by atoms with Crippen molar-refractivity contribution in [2.24, 2.45) is 0 Å². The molecule has 0 aliphatic rings. The summed E-state index contributed by atoms with van der Waals surface area (Å²) in [6, 6.07) is 17.5. The molecule has 0 radical (unpaired) electrons. The van der Waals surface area contributed by atoms with E-state index in [1.165, 1.54) is 10.6 Å². The second kappa shape index (κ2) is 8.58. The van der Waals surface area contributed by atoms with Gasteiger partial charge in [0.05, 0.1) is 12.1 Å². The van der Waals surface area contributed by atoms with E-state index in [0.717, 1.165) is 28.3 Å². The molecule has 0 saturated carbocycles. The van der Waals surface area contributed by atoms with Gasteiger partial charge in [0.1, 0.15) is 11.6 Å². The molecule has 0 bridgehead atoms. The third-order valence-electron chi connectivity index (χ3n) is 5.14. The van der Waals surface area contributed by atoms with Crippen LogP contribution in [0.15, 0.2) is 59.4 Å². The summed E-state index contributed by atoms with van der Waals surface area (Å²) in [4.78, 5) is 12.9. The summed E-state index contributed by atoms with van der Waals surface area (Å²) in [5, 5.41) is 9.28. The minimum Gasteiger partial charge on any atom is -0.307 e. The molecule has 2 aromatic carbocycles. The van der Waals surface area contributed by atoms with E-state index in [4.69, 9.17) is 0 Å². The van der Waals surface area contributed by atoms with E-state index in [-0.39, 0.29) is 18.7 Å². The van der Waals surface area contributed by atoms with Crippen LogP contribution in [0.2, 0.25) is 0 Å². The Kier molecular flexibility index (Phi) is 6.12. The zero-order valence-corrected chi connectivity index (χ0v) is 16.8. The average molecular weight is 410 g/mol. The monoisotopic (exact) mass is 410 g/mol. The summed E-state index contributed by atoms with van der Waals surface area (Å²) >= 11 is 0. The van der Waals surface area contributed by atoms with E-state index in [1.54, 1.807) is 0 Å². The summed E-state index contributed by atoms with van der Waals surface area (Å²) in [6.45, 7) is 3.95. The molecular weight excluding hydrogens is 389 g/mol. The third-order valence-corrected chi connectivity index (χ3v) is 5.14. The standard InChI is InChI=1S/C24H21F3N2O/c1-16-8-10-19(17(2)12-16)15-29-20(11-9-18-6-4-3-5-7-18)13-22(24(25,26)27)21(14-28)23(29)30/h3-8,10,12-13H,9,11,15H2,1-2H3. The molecular formula is C24H21F3N2O. The molecule has 6 heteroatoms. The highest BCUT2D eigenvalue weighted by Gasteiger charge is 2.36. The van der Waals surface area contributed by atoms with E-state index in [9.17, 15) is 23.2 Å². The van der Waals surface area contributed by atoms with Crippen LogP contribution in [0, 0.1) is 25.2 Å². The van der Waals surface area contributed by atoms with Gasteiger partial charge in [-0.1, -0.05) is 54.1 Å². The molecule has 3 aromatic rings. The first-order valence-corrected chi connectivity index (χ1v) is 9.54. The van der Waals surface area contributed by atoms with Crippen LogP contribution in [-0.2, 0) is 25.6 Å². The molecule has 0 atom stereocenters. The Hall–Kier alpha value is -3.33. The average Bonchev–Trinajstić information content (AvgIpc) is 2.69. The molecule has 3 rings (SSSR count). The van der Waals surface area contributed by atoms with Crippen LogP contribution in [0.3, 0.4) is 0 Å². The van der Waals surface area contributed by atoms with Crippen LogP contribution in [0.1, 0.15) is 39.1 Å². The van der Waals surface area contributed by atoms with Crippen molar-refractivity contribution in [2.75, 3.05) is 0 Å². The molecule has 0 aliphatic heterocycles. The molecule has 0 unspecified atom stereocenters. The van der Waals surface area contributed by atoms with E-state index >= 15 is 0 Å². The SMILES string of the molecule is Cc1ccc(Cn2c(CCc3ccccc3)cc(C(F)(F)F)c(C#N)c2=O)c(C)c1. The second-order valence-electron chi connectivity index (χ2n) is 7.34. The number of pyridine rings is 1. The van der Waals surface area contributed by atoms with Gasteiger partial charge in [0, 0.05) is 5.69 Å². The van der Waals surface area contributed by atoms with Gasteiger partial charge < -0.3 is 4.57 Å². The Morgan fingerprint density at radius 1 is 1.00 bits per heavy atom. The maximum atomic E-state index is 13.5. The summed E-state index contributed by atoms with van der Waals surface area (Å²) < 4.78 is 41.9. The van der Waals surface area contributed by atoms with Gasteiger partial charge in [-0.05, 0) is 49.4 Å². The molecule has 154 valence electrons. The van der Waals surface area contributed by atoms with Gasteiger partial charge >= 0.3 is 6.18 Å². The molecule has 0 aliphatic carbocycles. The van der Waals surface area contributed by atoms with Gasteiger partial charge in [-0.2, -0.15) is 18.4 Å². The summed E-state index contributed by atoms with van der Waals surface area (Å²) in [5.74, 6) is 0. The van der Waals surface area contributed by atoms with Gasteiger partial charge in [0.25, 0.3) is 5.56 Å². The smallest absolute Gasteiger partial charge is 0.307 e. The van der Waals surface area contributed by atoms with Crippen LogP contribution in [0.25, 0.3) is 0 Å². The van der Waals surface area contributed by atoms with Crippen molar-refractivity contribution >= 4 is 0 Å². The van der Waals surface area contributed by atoms with Crippen LogP contribution in [-0.4, -0.2) is 4.57 Å². The van der Waals surface area contributed by atoms with Gasteiger partial charge in [-0.25, -0.2) is 0 Å². The highest BCUT2D eigenvalue weighted by molar-refractivity contribution is 5.40. The van der Waals surface area contributed by atoms with Crippen LogP contribution in [0.5, 0.6) is 0 Å². The predicted molar refractivity (Wildman–Crippen MR) is 109 cm³/mol. The van der Waals surface area contributed by atoms with Crippen molar-refractivity contribution in [3.8, 4) is 6.07 Å². The number of hydrogen-bond donors (Lipinski definition) is 0. The molecule has 0 spiro atoms. The fraction of sp³-hybridized carbons (Fsp3) is 0.250. The van der Waals surface area contributed by atoms with Gasteiger partial charge in [0.2, 0.25) is 0 Å². The van der Waals surface area contributed by atoms with Crippen LogP contribution >= 0.6 is 0 Å². The molecule has 0 N–H and O–H groups in total. The second-order valence-corrected chi connectivity index (χ2v) is 7.34. The number of nitriles is 1. The number of aryl methyl sites for hydroxylation is 4. The van der Waals surface area contributed by atoms with Crippen LogP contribution in [0.4, 0.5) is 13.2 Å². The number of alkyl halides is 3. The number of rotatable bonds is 5. The zero-order valence-electron chi connectivity index (χ0n) is 16.8. The Morgan fingerprint density at radius 3 is 2.30 bits per heavy atom. The summed E-state index contributed by atoms with van der Waals surface area (Å²) in [5.41, 5.74) is 1.09. The first-order valence-electron chi connectivity index (χ1n) is 9.54. The number of benzene rings is 2. The number of nitrogens with zero attached hydrogens (tertiary/aromatic N) is 2. The van der Waals surface area contributed by atoms with Crippen molar-refractivity contribution in [1.82, 2.24) is 4.57 Å². The highest BCUT2D eigenvalue weighted by Crippen LogP contribution is 2.31. The molecule has 30 heavy (non-hydrogen) atoms. The largest absolute Gasteiger partial charge is 0.417 e. The maximum Gasteiger partial charge on any atom is 0.417 e. The molecule has 0 amide bonds. The van der Waals surface area contributed by atoms with E-state index in [0.29, 0.717) is 6.42 Å².